The quantitative estimate of drug-likeness (QED) is 0.726. The van der Waals surface area contributed by atoms with Crippen molar-refractivity contribution in [2.75, 3.05) is 7.11 Å². The fourth-order valence-electron chi connectivity index (χ4n) is 4.30. The van der Waals surface area contributed by atoms with E-state index in [-0.39, 0.29) is 47.4 Å². The number of esters is 1. The van der Waals surface area contributed by atoms with Crippen LogP contribution in [0.4, 0.5) is 0 Å². The number of carbonyl (C=O) groups is 2. The van der Waals surface area contributed by atoms with E-state index in [4.69, 9.17) is 14.2 Å². The largest absolute Gasteiger partial charge is 0.507 e. The predicted octanol–water partition coefficient (Wildman–Crippen LogP) is 4.54. The fourth-order valence-corrected chi connectivity index (χ4v) is 4.30. The highest BCUT2D eigenvalue weighted by Gasteiger charge is 2.43. The summed E-state index contributed by atoms with van der Waals surface area (Å²) in [5.41, 5.74) is 1.18. The lowest BCUT2D eigenvalue weighted by molar-refractivity contribution is -0.141. The van der Waals surface area contributed by atoms with E-state index in [1.807, 2.05) is 34.6 Å². The van der Waals surface area contributed by atoms with Crippen molar-refractivity contribution in [3.8, 4) is 17.2 Å². The zero-order chi connectivity index (χ0) is 21.5. The van der Waals surface area contributed by atoms with Crippen molar-refractivity contribution in [2.45, 2.75) is 84.3 Å². The first-order valence-corrected chi connectivity index (χ1v) is 10.5. The molecule has 160 valence electrons. The Balaban J connectivity index is 2.29. The van der Waals surface area contributed by atoms with Crippen molar-refractivity contribution in [1.29, 1.82) is 0 Å². The molecule has 2 aliphatic rings. The molecular weight excluding hydrogens is 372 g/mol. The number of hydrogen-bond acceptors (Lipinski definition) is 6. The summed E-state index contributed by atoms with van der Waals surface area (Å²) in [6.07, 6.45) is 2.71. The summed E-state index contributed by atoms with van der Waals surface area (Å²) in [6.45, 7) is 9.72. The van der Waals surface area contributed by atoms with Gasteiger partial charge in [-0.1, -0.05) is 20.3 Å². The first kappa shape index (κ1) is 21.5. The van der Waals surface area contributed by atoms with Gasteiger partial charge < -0.3 is 19.3 Å². The number of rotatable bonds is 5. The minimum absolute atomic E-state index is 0.0358. The molecule has 0 spiro atoms. The molecule has 6 nitrogen and oxygen atoms in total. The third-order valence-electron chi connectivity index (χ3n) is 6.22. The van der Waals surface area contributed by atoms with Gasteiger partial charge in [-0.05, 0) is 40.0 Å². The Labute approximate surface area is 172 Å². The summed E-state index contributed by atoms with van der Waals surface area (Å²) >= 11 is 0. The van der Waals surface area contributed by atoms with Crippen LogP contribution in [-0.4, -0.2) is 35.7 Å². The Morgan fingerprint density at radius 1 is 1.31 bits per heavy atom. The van der Waals surface area contributed by atoms with Crippen LogP contribution >= 0.6 is 0 Å². The van der Waals surface area contributed by atoms with Crippen LogP contribution in [0.15, 0.2) is 0 Å². The van der Waals surface area contributed by atoms with Gasteiger partial charge in [0, 0.05) is 17.0 Å². The number of Topliss-reactive ketones (excluding diaryl/α,β-unsaturated/α-hetero) is 1. The van der Waals surface area contributed by atoms with Crippen molar-refractivity contribution in [2.24, 2.45) is 5.92 Å². The van der Waals surface area contributed by atoms with Gasteiger partial charge in [-0.3, -0.25) is 9.59 Å². The topological polar surface area (TPSA) is 82.1 Å². The molecular formula is C23H32O6. The van der Waals surface area contributed by atoms with E-state index in [0.29, 0.717) is 29.9 Å². The minimum Gasteiger partial charge on any atom is -0.507 e. The van der Waals surface area contributed by atoms with Gasteiger partial charge >= 0.3 is 5.97 Å². The Morgan fingerprint density at radius 2 is 2.00 bits per heavy atom. The van der Waals surface area contributed by atoms with Gasteiger partial charge in [-0.25, -0.2) is 0 Å². The molecule has 1 N–H and O–H groups in total. The van der Waals surface area contributed by atoms with E-state index >= 15 is 0 Å². The number of ether oxygens (including phenoxy) is 3. The predicted molar refractivity (Wildman–Crippen MR) is 109 cm³/mol. The first-order valence-electron chi connectivity index (χ1n) is 10.5. The highest BCUT2D eigenvalue weighted by Crippen LogP contribution is 2.54. The summed E-state index contributed by atoms with van der Waals surface area (Å²) in [5, 5.41) is 11.0. The summed E-state index contributed by atoms with van der Waals surface area (Å²) in [6, 6.07) is 0. The number of phenolic OH excluding ortho intramolecular Hbond substituents is 1. The monoisotopic (exact) mass is 404 g/mol. The number of ketones is 1. The van der Waals surface area contributed by atoms with Crippen LogP contribution in [-0.2, 0) is 16.0 Å². The fraction of sp³-hybridized carbons (Fsp3) is 0.652. The van der Waals surface area contributed by atoms with Crippen molar-refractivity contribution < 1.29 is 28.9 Å². The van der Waals surface area contributed by atoms with Crippen LogP contribution in [0.25, 0.3) is 0 Å². The Morgan fingerprint density at radius 3 is 2.62 bits per heavy atom. The second kappa shape index (κ2) is 7.88. The van der Waals surface area contributed by atoms with Crippen LogP contribution in [0, 0.1) is 5.92 Å². The number of fused-ring (bicyclic) bond motifs is 2. The molecule has 1 aromatic rings. The Hall–Kier alpha value is -2.24. The summed E-state index contributed by atoms with van der Waals surface area (Å²) < 4.78 is 17.4. The molecule has 2 heterocycles. The third kappa shape index (κ3) is 3.81. The third-order valence-corrected chi connectivity index (χ3v) is 6.22. The number of methoxy groups -OCH3 is 1. The van der Waals surface area contributed by atoms with E-state index in [0.717, 1.165) is 18.4 Å². The molecule has 0 saturated carbocycles. The molecule has 29 heavy (non-hydrogen) atoms. The van der Waals surface area contributed by atoms with Gasteiger partial charge in [0.2, 0.25) is 0 Å². The second-order valence-electron chi connectivity index (χ2n) is 8.88. The first-order chi connectivity index (χ1) is 13.6. The molecule has 0 amide bonds. The molecule has 0 bridgehead atoms. The van der Waals surface area contributed by atoms with Crippen LogP contribution in [0.2, 0.25) is 0 Å². The molecule has 0 unspecified atom stereocenters. The zero-order valence-corrected chi connectivity index (χ0v) is 18.3. The molecule has 0 fully saturated rings. The second-order valence-corrected chi connectivity index (χ2v) is 8.88. The van der Waals surface area contributed by atoms with Gasteiger partial charge in [-0.2, -0.15) is 0 Å². The SMILES string of the molecule is CCC[C@H](CC(=O)OC)c1c2c(c(O)c3c1O[C@@H](C)[C@H](C)C3=O)CCC(C)(C)O2. The summed E-state index contributed by atoms with van der Waals surface area (Å²) in [5.74, 6) is -0.128. The van der Waals surface area contributed by atoms with Crippen LogP contribution < -0.4 is 9.47 Å². The number of benzene rings is 1. The number of hydrogen-bond donors (Lipinski definition) is 1. The van der Waals surface area contributed by atoms with Crippen LogP contribution in [0.3, 0.4) is 0 Å². The van der Waals surface area contributed by atoms with Crippen molar-refractivity contribution in [3.63, 3.8) is 0 Å². The van der Waals surface area contributed by atoms with E-state index in [2.05, 4.69) is 0 Å². The maximum atomic E-state index is 13.1. The lowest BCUT2D eigenvalue weighted by Crippen LogP contribution is -2.37. The lowest BCUT2D eigenvalue weighted by Gasteiger charge is -2.39. The van der Waals surface area contributed by atoms with E-state index < -0.39 is 5.60 Å². The van der Waals surface area contributed by atoms with Crippen LogP contribution in [0.1, 0.15) is 87.7 Å². The zero-order valence-electron chi connectivity index (χ0n) is 18.3. The van der Waals surface area contributed by atoms with Crippen molar-refractivity contribution >= 4 is 11.8 Å². The normalized spacial score (nSPS) is 23.3. The van der Waals surface area contributed by atoms with Crippen LogP contribution in [0.5, 0.6) is 17.2 Å². The molecule has 0 radical (unpaired) electrons. The minimum atomic E-state index is -0.415. The molecule has 1 aromatic carbocycles. The van der Waals surface area contributed by atoms with Gasteiger partial charge in [0.15, 0.2) is 5.78 Å². The molecule has 0 saturated heterocycles. The van der Waals surface area contributed by atoms with Crippen molar-refractivity contribution in [3.05, 3.63) is 16.7 Å². The molecule has 2 aliphatic heterocycles. The van der Waals surface area contributed by atoms with E-state index in [9.17, 15) is 14.7 Å². The molecule has 6 heteroatoms. The van der Waals surface area contributed by atoms with Gasteiger partial charge in [0.1, 0.15) is 34.5 Å². The van der Waals surface area contributed by atoms with Crippen molar-refractivity contribution in [1.82, 2.24) is 0 Å². The molecule has 3 rings (SSSR count). The lowest BCUT2D eigenvalue weighted by atomic mass is 9.80. The number of phenols is 1. The maximum absolute atomic E-state index is 13.1. The number of aromatic hydroxyl groups is 1. The van der Waals surface area contributed by atoms with E-state index in [1.54, 1.807) is 0 Å². The molecule has 3 atom stereocenters. The van der Waals surface area contributed by atoms with Gasteiger partial charge in [-0.15, -0.1) is 0 Å². The van der Waals surface area contributed by atoms with Gasteiger partial charge in [0.25, 0.3) is 0 Å². The highest BCUT2D eigenvalue weighted by atomic mass is 16.5. The summed E-state index contributed by atoms with van der Waals surface area (Å²) in [4.78, 5) is 25.3. The Bertz CT molecular complexity index is 825. The highest BCUT2D eigenvalue weighted by molar-refractivity contribution is 6.05. The maximum Gasteiger partial charge on any atom is 0.306 e. The smallest absolute Gasteiger partial charge is 0.306 e. The summed E-state index contributed by atoms with van der Waals surface area (Å²) in [7, 11) is 1.37. The molecule has 0 aromatic heterocycles. The Kier molecular flexibility index (Phi) is 5.84. The standard InChI is InChI=1S/C23H32O6/c1-7-8-14(11-16(24)27-6)17-21-15(9-10-23(4,5)29-21)20(26)18-19(25)12(2)13(3)28-22(17)18/h12-14,26H,7-11H2,1-6H3/t12-,13-,14+/m0/s1. The average molecular weight is 405 g/mol. The average Bonchev–Trinajstić information content (AvgIpc) is 2.65. The number of carbonyl (C=O) groups excluding carboxylic acids is 2. The van der Waals surface area contributed by atoms with Gasteiger partial charge in [0.05, 0.1) is 19.4 Å². The van der Waals surface area contributed by atoms with E-state index in [1.165, 1.54) is 7.11 Å². The molecule has 0 aliphatic carbocycles.